The van der Waals surface area contributed by atoms with E-state index in [0.717, 1.165) is 18.7 Å². The lowest BCUT2D eigenvalue weighted by Crippen LogP contribution is -2.45. The summed E-state index contributed by atoms with van der Waals surface area (Å²) in [4.78, 5) is 13.5. The Hall–Kier alpha value is -1.35. The van der Waals surface area contributed by atoms with Crippen molar-refractivity contribution >= 4 is 5.97 Å². The Labute approximate surface area is 129 Å². The van der Waals surface area contributed by atoms with Crippen LogP contribution in [0.5, 0.6) is 0 Å². The van der Waals surface area contributed by atoms with Crippen LogP contribution in [-0.4, -0.2) is 29.1 Å². The highest BCUT2D eigenvalue weighted by Gasteiger charge is 2.34. The molecule has 0 saturated heterocycles. The molecule has 1 aromatic rings. The van der Waals surface area contributed by atoms with Gasteiger partial charge in [0.2, 0.25) is 0 Å². The Kier molecular flexibility index (Phi) is 5.57. The highest BCUT2D eigenvalue weighted by Crippen LogP contribution is 2.33. The normalized spacial score (nSPS) is 15.0. The summed E-state index contributed by atoms with van der Waals surface area (Å²) in [7, 11) is 0. The Bertz CT molecular complexity index is 469. The van der Waals surface area contributed by atoms with Gasteiger partial charge in [0.25, 0.3) is 0 Å². The van der Waals surface area contributed by atoms with Crippen molar-refractivity contribution in [2.75, 3.05) is 13.1 Å². The second-order valence-corrected chi connectivity index (χ2v) is 6.84. The number of rotatable bonds is 6. The minimum atomic E-state index is -0.760. The lowest BCUT2D eigenvalue weighted by Gasteiger charge is -2.40. The van der Waals surface area contributed by atoms with E-state index >= 15 is 0 Å². The molecule has 0 aromatic heterocycles. The number of aliphatic carboxylic acids is 1. The van der Waals surface area contributed by atoms with Crippen LogP contribution in [0.2, 0.25) is 0 Å². The topological polar surface area (TPSA) is 40.5 Å². The summed E-state index contributed by atoms with van der Waals surface area (Å²) in [5, 5.41) is 9.31. The van der Waals surface area contributed by atoms with Crippen LogP contribution in [0.4, 0.5) is 0 Å². The van der Waals surface area contributed by atoms with Gasteiger partial charge in [-0.15, -0.1) is 0 Å². The third kappa shape index (κ3) is 4.07. The highest BCUT2D eigenvalue weighted by atomic mass is 16.4. The third-order valence-corrected chi connectivity index (χ3v) is 4.33. The van der Waals surface area contributed by atoms with Crippen molar-refractivity contribution in [1.29, 1.82) is 0 Å². The molecule has 0 fully saturated rings. The summed E-state index contributed by atoms with van der Waals surface area (Å²) >= 11 is 0. The molecular weight excluding hydrogens is 262 g/mol. The first-order chi connectivity index (χ1) is 9.65. The zero-order chi connectivity index (χ0) is 16.3. The summed E-state index contributed by atoms with van der Waals surface area (Å²) in [6.45, 7) is 14.4. The minimum absolute atomic E-state index is 0.108. The average molecular weight is 291 g/mol. The fourth-order valence-electron chi connectivity index (χ4n) is 2.94. The van der Waals surface area contributed by atoms with E-state index < -0.39 is 11.5 Å². The summed E-state index contributed by atoms with van der Waals surface area (Å²) in [6.07, 6.45) is 0.115. The zero-order valence-corrected chi connectivity index (χ0v) is 14.2. The fraction of sp³-hybridized carbons (Fsp3) is 0.611. The van der Waals surface area contributed by atoms with E-state index in [9.17, 15) is 9.90 Å². The zero-order valence-electron chi connectivity index (χ0n) is 14.2. The number of carbonyl (C=O) groups is 1. The molecule has 3 nitrogen and oxygen atoms in total. The van der Waals surface area contributed by atoms with Crippen LogP contribution in [0, 0.1) is 0 Å². The van der Waals surface area contributed by atoms with Crippen molar-refractivity contribution in [3.63, 3.8) is 0 Å². The van der Waals surface area contributed by atoms with E-state index in [4.69, 9.17) is 0 Å². The molecule has 0 bridgehead atoms. The fourth-order valence-corrected chi connectivity index (χ4v) is 2.94. The highest BCUT2D eigenvalue weighted by molar-refractivity contribution is 5.69. The predicted octanol–water partition coefficient (Wildman–Crippen LogP) is 4.02. The smallest absolute Gasteiger partial charge is 0.305 e. The molecule has 1 atom stereocenters. The summed E-state index contributed by atoms with van der Waals surface area (Å²) < 4.78 is 0. The number of nitrogens with zero attached hydrogens (tertiary/aromatic N) is 1. The Morgan fingerprint density at radius 3 is 1.76 bits per heavy atom. The van der Waals surface area contributed by atoms with Gasteiger partial charge >= 0.3 is 5.97 Å². The first-order valence-electron chi connectivity index (χ1n) is 7.73. The number of hydrogen-bond donors (Lipinski definition) is 1. The van der Waals surface area contributed by atoms with E-state index in [1.807, 2.05) is 6.92 Å². The minimum Gasteiger partial charge on any atom is -0.481 e. The predicted molar refractivity (Wildman–Crippen MR) is 87.7 cm³/mol. The monoisotopic (exact) mass is 291 g/mol. The van der Waals surface area contributed by atoms with E-state index in [2.05, 4.69) is 63.8 Å². The van der Waals surface area contributed by atoms with Gasteiger partial charge in [-0.1, -0.05) is 58.9 Å². The maximum atomic E-state index is 11.3. The molecular formula is C18H29NO2. The maximum Gasteiger partial charge on any atom is 0.305 e. The Morgan fingerprint density at radius 1 is 1.00 bits per heavy atom. The van der Waals surface area contributed by atoms with Gasteiger partial charge in [-0.25, -0.2) is 0 Å². The first kappa shape index (κ1) is 17.7. The van der Waals surface area contributed by atoms with Crippen LogP contribution in [0.3, 0.4) is 0 Å². The number of carboxylic acid groups (broad SMARTS) is 1. The average Bonchev–Trinajstić information content (AvgIpc) is 2.38. The maximum absolute atomic E-state index is 11.3. The molecule has 0 heterocycles. The van der Waals surface area contributed by atoms with Crippen molar-refractivity contribution in [3.05, 3.63) is 35.4 Å². The van der Waals surface area contributed by atoms with Crippen LogP contribution in [0.1, 0.15) is 59.1 Å². The van der Waals surface area contributed by atoms with Crippen LogP contribution >= 0.6 is 0 Å². The molecule has 0 saturated carbocycles. The van der Waals surface area contributed by atoms with Gasteiger partial charge in [0.15, 0.2) is 0 Å². The molecule has 0 spiro atoms. The summed E-state index contributed by atoms with van der Waals surface area (Å²) in [6, 6.07) is 8.42. The quantitative estimate of drug-likeness (QED) is 0.860. The summed E-state index contributed by atoms with van der Waals surface area (Å²) in [5.41, 5.74) is 1.98. The lowest BCUT2D eigenvalue weighted by molar-refractivity contribution is -0.140. The van der Waals surface area contributed by atoms with Gasteiger partial charge in [-0.2, -0.15) is 0 Å². The van der Waals surface area contributed by atoms with E-state index in [0.29, 0.717) is 0 Å². The van der Waals surface area contributed by atoms with Gasteiger partial charge in [0, 0.05) is 0 Å². The van der Waals surface area contributed by atoms with Gasteiger partial charge in [-0.05, 0) is 36.6 Å². The second-order valence-electron chi connectivity index (χ2n) is 6.84. The first-order valence-corrected chi connectivity index (χ1v) is 7.73. The molecule has 1 aromatic carbocycles. The van der Waals surface area contributed by atoms with Gasteiger partial charge in [-0.3, -0.25) is 9.69 Å². The molecule has 21 heavy (non-hydrogen) atoms. The van der Waals surface area contributed by atoms with Gasteiger partial charge in [0.1, 0.15) is 0 Å². The molecule has 118 valence electrons. The van der Waals surface area contributed by atoms with Crippen molar-refractivity contribution in [2.24, 2.45) is 0 Å². The van der Waals surface area contributed by atoms with Crippen LogP contribution in [0.15, 0.2) is 24.3 Å². The largest absolute Gasteiger partial charge is 0.481 e. The molecule has 1 unspecified atom stereocenters. The van der Waals surface area contributed by atoms with E-state index in [1.165, 1.54) is 5.56 Å². The molecule has 0 aliphatic rings. The van der Waals surface area contributed by atoms with Gasteiger partial charge in [0.05, 0.1) is 12.0 Å². The third-order valence-electron chi connectivity index (χ3n) is 4.33. The van der Waals surface area contributed by atoms with Crippen LogP contribution in [-0.2, 0) is 15.7 Å². The number of benzene rings is 1. The second kappa shape index (κ2) is 6.61. The SMILES string of the molecule is CCN(CC)C(C)(CC(=O)O)c1ccc(C(C)(C)C)cc1. The Balaban J connectivity index is 3.23. The van der Waals surface area contributed by atoms with Crippen molar-refractivity contribution in [2.45, 2.75) is 58.9 Å². The van der Waals surface area contributed by atoms with Crippen LogP contribution in [0.25, 0.3) is 0 Å². The standard InChI is InChI=1S/C18H29NO2/c1-7-19(8-2)18(6,13-16(20)21)15-11-9-14(10-12-15)17(3,4)5/h9-12H,7-8,13H2,1-6H3,(H,20,21). The Morgan fingerprint density at radius 2 is 1.43 bits per heavy atom. The molecule has 0 aliphatic carbocycles. The van der Waals surface area contributed by atoms with Crippen molar-refractivity contribution in [1.82, 2.24) is 4.90 Å². The molecule has 0 aliphatic heterocycles. The van der Waals surface area contributed by atoms with Crippen molar-refractivity contribution in [3.8, 4) is 0 Å². The van der Waals surface area contributed by atoms with E-state index in [1.54, 1.807) is 0 Å². The van der Waals surface area contributed by atoms with E-state index in [-0.39, 0.29) is 11.8 Å². The number of carboxylic acids is 1. The molecule has 1 rings (SSSR count). The molecule has 0 radical (unpaired) electrons. The summed E-state index contributed by atoms with van der Waals surface area (Å²) in [5.74, 6) is -0.760. The van der Waals surface area contributed by atoms with Gasteiger partial charge < -0.3 is 5.11 Å². The van der Waals surface area contributed by atoms with Crippen molar-refractivity contribution < 1.29 is 9.90 Å². The molecule has 1 N–H and O–H groups in total. The molecule has 0 amide bonds. The molecule has 3 heteroatoms. The lowest BCUT2D eigenvalue weighted by atomic mass is 9.82. The number of hydrogen-bond acceptors (Lipinski definition) is 2. The van der Waals surface area contributed by atoms with Crippen LogP contribution < -0.4 is 0 Å².